The Bertz CT molecular complexity index is 809. The number of anilines is 1. The second kappa shape index (κ2) is 6.76. The molecule has 1 atom stereocenters. The number of aryl methyl sites for hydroxylation is 1. The maximum atomic E-state index is 12.5. The van der Waals surface area contributed by atoms with Crippen molar-refractivity contribution in [2.45, 2.75) is 13.0 Å². The zero-order valence-corrected chi connectivity index (χ0v) is 13.7. The molecule has 0 saturated carbocycles. The SMILES string of the molecule is Cc1cc(C(=O)N2CSCC2C(=O)Nc2ccc(C#N)cc2)on1. The largest absolute Gasteiger partial charge is 0.351 e. The third-order valence-electron chi connectivity index (χ3n) is 3.57. The van der Waals surface area contributed by atoms with Gasteiger partial charge in [-0.05, 0) is 31.2 Å². The molecule has 1 aliphatic heterocycles. The summed E-state index contributed by atoms with van der Waals surface area (Å²) in [5.41, 5.74) is 1.71. The molecule has 1 unspecified atom stereocenters. The number of thioether (sulfide) groups is 1. The minimum atomic E-state index is -0.580. The van der Waals surface area contributed by atoms with Crippen molar-refractivity contribution in [2.24, 2.45) is 0 Å². The number of hydrogen-bond donors (Lipinski definition) is 1. The number of nitrogens with one attached hydrogen (secondary N) is 1. The van der Waals surface area contributed by atoms with Gasteiger partial charge < -0.3 is 14.7 Å². The lowest BCUT2D eigenvalue weighted by Gasteiger charge is -2.21. The minimum Gasteiger partial charge on any atom is -0.351 e. The van der Waals surface area contributed by atoms with Crippen LogP contribution in [0.25, 0.3) is 0 Å². The highest BCUT2D eigenvalue weighted by Gasteiger charge is 2.36. The summed E-state index contributed by atoms with van der Waals surface area (Å²) in [4.78, 5) is 26.4. The van der Waals surface area contributed by atoms with E-state index < -0.39 is 6.04 Å². The summed E-state index contributed by atoms with van der Waals surface area (Å²) in [6, 6.07) is 9.56. The number of carbonyl (C=O) groups excluding carboxylic acids is 2. The third kappa shape index (κ3) is 3.26. The van der Waals surface area contributed by atoms with E-state index in [9.17, 15) is 9.59 Å². The number of amides is 2. The zero-order valence-electron chi connectivity index (χ0n) is 12.9. The Morgan fingerprint density at radius 3 is 2.79 bits per heavy atom. The van der Waals surface area contributed by atoms with E-state index in [4.69, 9.17) is 9.78 Å². The first kappa shape index (κ1) is 16.1. The predicted molar refractivity (Wildman–Crippen MR) is 88.3 cm³/mol. The molecule has 7 nitrogen and oxygen atoms in total. The fraction of sp³-hybridized carbons (Fsp3) is 0.250. The van der Waals surface area contributed by atoms with Crippen LogP contribution in [0.1, 0.15) is 21.8 Å². The Morgan fingerprint density at radius 2 is 2.17 bits per heavy atom. The molecule has 24 heavy (non-hydrogen) atoms. The lowest BCUT2D eigenvalue weighted by Crippen LogP contribution is -2.44. The van der Waals surface area contributed by atoms with Crippen molar-refractivity contribution in [2.75, 3.05) is 16.9 Å². The molecule has 1 aliphatic rings. The molecule has 1 aromatic heterocycles. The van der Waals surface area contributed by atoms with Gasteiger partial charge in [0.15, 0.2) is 0 Å². The number of rotatable bonds is 3. The molecule has 1 fully saturated rings. The van der Waals surface area contributed by atoms with Crippen molar-refractivity contribution in [1.29, 1.82) is 5.26 Å². The number of hydrogen-bond acceptors (Lipinski definition) is 6. The fourth-order valence-corrected chi connectivity index (χ4v) is 3.47. The Morgan fingerprint density at radius 1 is 1.42 bits per heavy atom. The number of nitriles is 1. The first-order chi connectivity index (χ1) is 11.6. The van der Waals surface area contributed by atoms with Crippen LogP contribution < -0.4 is 5.32 Å². The molecule has 0 aliphatic carbocycles. The summed E-state index contributed by atoms with van der Waals surface area (Å²) >= 11 is 1.50. The topological polar surface area (TPSA) is 99.2 Å². The van der Waals surface area contributed by atoms with Crippen molar-refractivity contribution in [1.82, 2.24) is 10.1 Å². The van der Waals surface area contributed by atoms with E-state index in [-0.39, 0.29) is 17.6 Å². The highest BCUT2D eigenvalue weighted by molar-refractivity contribution is 7.99. The van der Waals surface area contributed by atoms with Crippen LogP contribution in [-0.4, -0.2) is 39.5 Å². The molecule has 8 heteroatoms. The van der Waals surface area contributed by atoms with E-state index in [0.29, 0.717) is 28.6 Å². The monoisotopic (exact) mass is 342 g/mol. The standard InChI is InChI=1S/C16H14N4O3S/c1-10-6-14(23-19-10)16(22)20-9-24-8-13(20)15(21)18-12-4-2-11(7-17)3-5-12/h2-6,13H,8-9H2,1H3,(H,18,21). The van der Waals surface area contributed by atoms with Gasteiger partial charge in [-0.1, -0.05) is 5.16 Å². The summed E-state index contributed by atoms with van der Waals surface area (Å²) in [7, 11) is 0. The van der Waals surface area contributed by atoms with Gasteiger partial charge in [-0.25, -0.2) is 0 Å². The van der Waals surface area contributed by atoms with E-state index in [2.05, 4.69) is 10.5 Å². The molecule has 2 heterocycles. The van der Waals surface area contributed by atoms with Crippen LogP contribution in [0.5, 0.6) is 0 Å². The fourth-order valence-electron chi connectivity index (χ4n) is 2.32. The maximum absolute atomic E-state index is 12.5. The predicted octanol–water partition coefficient (Wildman–Crippen LogP) is 2.01. The first-order valence-electron chi connectivity index (χ1n) is 7.21. The number of carbonyl (C=O) groups is 2. The molecule has 1 aromatic carbocycles. The molecule has 0 spiro atoms. The van der Waals surface area contributed by atoms with Crippen molar-refractivity contribution < 1.29 is 14.1 Å². The van der Waals surface area contributed by atoms with Crippen molar-refractivity contribution in [3.63, 3.8) is 0 Å². The Hall–Kier alpha value is -2.79. The van der Waals surface area contributed by atoms with Gasteiger partial charge >= 0.3 is 0 Å². The summed E-state index contributed by atoms with van der Waals surface area (Å²) < 4.78 is 5.00. The van der Waals surface area contributed by atoms with E-state index >= 15 is 0 Å². The van der Waals surface area contributed by atoms with Gasteiger partial charge in [-0.3, -0.25) is 9.59 Å². The Balaban J connectivity index is 1.71. The van der Waals surface area contributed by atoms with Crippen LogP contribution in [0.2, 0.25) is 0 Å². The number of benzene rings is 1. The lowest BCUT2D eigenvalue weighted by atomic mass is 10.2. The summed E-state index contributed by atoms with van der Waals surface area (Å²) in [6.07, 6.45) is 0. The molecule has 2 aromatic rings. The van der Waals surface area contributed by atoms with Gasteiger partial charge in [0.2, 0.25) is 11.7 Å². The van der Waals surface area contributed by atoms with Crippen LogP contribution in [0.15, 0.2) is 34.9 Å². The third-order valence-corrected chi connectivity index (χ3v) is 4.58. The van der Waals surface area contributed by atoms with Gasteiger partial charge in [-0.15, -0.1) is 11.8 Å². The van der Waals surface area contributed by atoms with Gasteiger partial charge in [0, 0.05) is 17.5 Å². The van der Waals surface area contributed by atoms with E-state index in [0.717, 1.165) is 0 Å². The number of nitrogens with zero attached hydrogens (tertiary/aromatic N) is 3. The highest BCUT2D eigenvalue weighted by atomic mass is 32.2. The Kier molecular flexibility index (Phi) is 4.53. The average Bonchev–Trinajstić information content (AvgIpc) is 3.24. The molecule has 0 bridgehead atoms. The normalized spacial score (nSPS) is 16.7. The van der Waals surface area contributed by atoms with Crippen LogP contribution in [-0.2, 0) is 4.79 Å². The van der Waals surface area contributed by atoms with E-state index in [1.165, 1.54) is 16.7 Å². The molecule has 1 saturated heterocycles. The molecular weight excluding hydrogens is 328 g/mol. The Labute approximate surface area is 142 Å². The van der Waals surface area contributed by atoms with Gasteiger partial charge in [-0.2, -0.15) is 5.26 Å². The summed E-state index contributed by atoms with van der Waals surface area (Å²) in [6.45, 7) is 1.73. The second-order valence-electron chi connectivity index (χ2n) is 5.30. The minimum absolute atomic E-state index is 0.131. The quantitative estimate of drug-likeness (QED) is 0.916. The molecule has 0 radical (unpaired) electrons. The van der Waals surface area contributed by atoms with Crippen LogP contribution in [0.3, 0.4) is 0 Å². The smallest absolute Gasteiger partial charge is 0.293 e. The van der Waals surface area contributed by atoms with Gasteiger partial charge in [0.25, 0.3) is 5.91 Å². The average molecular weight is 342 g/mol. The van der Waals surface area contributed by atoms with Crippen LogP contribution in [0.4, 0.5) is 5.69 Å². The molecule has 1 N–H and O–H groups in total. The second-order valence-corrected chi connectivity index (χ2v) is 6.30. The van der Waals surface area contributed by atoms with Crippen LogP contribution >= 0.6 is 11.8 Å². The molecule has 2 amide bonds. The van der Waals surface area contributed by atoms with Crippen molar-refractivity contribution in [3.8, 4) is 6.07 Å². The summed E-state index contributed by atoms with van der Waals surface area (Å²) in [5, 5.41) is 15.3. The summed E-state index contributed by atoms with van der Waals surface area (Å²) in [5.74, 6) is 0.450. The van der Waals surface area contributed by atoms with Gasteiger partial charge in [0.1, 0.15) is 6.04 Å². The zero-order chi connectivity index (χ0) is 17.1. The van der Waals surface area contributed by atoms with E-state index in [1.54, 1.807) is 37.3 Å². The van der Waals surface area contributed by atoms with E-state index in [1.807, 2.05) is 6.07 Å². The highest BCUT2D eigenvalue weighted by Crippen LogP contribution is 2.24. The maximum Gasteiger partial charge on any atom is 0.293 e. The van der Waals surface area contributed by atoms with Crippen molar-refractivity contribution in [3.05, 3.63) is 47.3 Å². The molecular formula is C16H14N4O3S. The first-order valence-corrected chi connectivity index (χ1v) is 8.37. The molecule has 3 rings (SSSR count). The van der Waals surface area contributed by atoms with Crippen LogP contribution in [0, 0.1) is 18.3 Å². The lowest BCUT2D eigenvalue weighted by molar-refractivity contribution is -0.119. The molecule has 122 valence electrons. The van der Waals surface area contributed by atoms with Gasteiger partial charge in [0.05, 0.1) is 23.2 Å². The van der Waals surface area contributed by atoms with Crippen molar-refractivity contribution >= 4 is 29.3 Å². The number of aromatic nitrogens is 1.